The number of carbonyl (C=O) groups excluding carboxylic acids is 1. The number of ether oxygens (including phenoxy) is 1. The Morgan fingerprint density at radius 1 is 1.06 bits per heavy atom. The Bertz CT molecular complexity index is 1330. The molecule has 184 valence electrons. The second kappa shape index (κ2) is 11.8. The van der Waals surface area contributed by atoms with Crippen LogP contribution in [0.3, 0.4) is 0 Å². The topological polar surface area (TPSA) is 112 Å². The summed E-state index contributed by atoms with van der Waals surface area (Å²) in [6.45, 7) is 3.89. The molecular weight excluding hydrogens is 495 g/mol. The lowest BCUT2D eigenvalue weighted by Gasteiger charge is -2.18. The maximum Gasteiger partial charge on any atom is 0.332 e. The molecule has 3 rings (SSSR count). The van der Waals surface area contributed by atoms with Gasteiger partial charge < -0.3 is 10.1 Å². The average Bonchev–Trinajstić information content (AvgIpc) is 2.81. The van der Waals surface area contributed by atoms with E-state index in [1.165, 1.54) is 10.6 Å². The zero-order valence-electron chi connectivity index (χ0n) is 19.2. The second-order valence-corrected chi connectivity index (χ2v) is 8.88. The van der Waals surface area contributed by atoms with Crippen LogP contribution in [0.1, 0.15) is 32.3 Å². The van der Waals surface area contributed by atoms with Crippen LogP contribution in [0.15, 0.2) is 63.3 Å². The van der Waals surface area contributed by atoms with Crippen LogP contribution in [-0.4, -0.2) is 21.1 Å². The minimum absolute atomic E-state index is 0.0348. The summed E-state index contributed by atoms with van der Waals surface area (Å²) in [5.41, 5.74) is 0.202. The van der Waals surface area contributed by atoms with Crippen molar-refractivity contribution in [3.8, 4) is 5.75 Å². The summed E-state index contributed by atoms with van der Waals surface area (Å²) in [6.07, 6.45) is -0.0861. The molecule has 35 heavy (non-hydrogen) atoms. The summed E-state index contributed by atoms with van der Waals surface area (Å²) in [6, 6.07) is 13.3. The third-order valence-corrected chi connectivity index (χ3v) is 5.52. The van der Waals surface area contributed by atoms with Gasteiger partial charge in [-0.05, 0) is 56.2 Å². The average molecular weight is 519 g/mol. The van der Waals surface area contributed by atoms with Gasteiger partial charge in [0.05, 0.1) is 17.7 Å². The maximum atomic E-state index is 13.3. The molecule has 0 aliphatic rings. The summed E-state index contributed by atoms with van der Waals surface area (Å²) >= 11 is 12.3. The van der Waals surface area contributed by atoms with Gasteiger partial charge in [0.1, 0.15) is 11.6 Å². The number of benzene rings is 2. The van der Waals surface area contributed by atoms with E-state index in [0.29, 0.717) is 21.5 Å². The number of nitroso groups, excluding NO2 is 1. The van der Waals surface area contributed by atoms with Crippen molar-refractivity contribution in [1.82, 2.24) is 9.13 Å². The van der Waals surface area contributed by atoms with Crippen molar-refractivity contribution in [2.75, 3.05) is 5.32 Å². The number of rotatable bonds is 10. The molecule has 0 unspecified atom stereocenters. The summed E-state index contributed by atoms with van der Waals surface area (Å²) in [5, 5.41) is 6.35. The van der Waals surface area contributed by atoms with Crippen molar-refractivity contribution in [2.45, 2.75) is 45.9 Å². The fourth-order valence-corrected chi connectivity index (χ4v) is 3.71. The number of anilines is 2. The van der Waals surface area contributed by atoms with Crippen LogP contribution >= 0.6 is 23.2 Å². The van der Waals surface area contributed by atoms with E-state index in [2.05, 4.69) is 10.5 Å². The number of hydrogen-bond acceptors (Lipinski definition) is 6. The molecule has 0 aliphatic carbocycles. The lowest BCUT2D eigenvalue weighted by Crippen LogP contribution is -2.40. The predicted octanol–water partition coefficient (Wildman–Crippen LogP) is 4.97. The Balaban J connectivity index is 1.99. The van der Waals surface area contributed by atoms with Gasteiger partial charge in [-0.3, -0.25) is 18.7 Å². The van der Waals surface area contributed by atoms with Crippen LogP contribution in [0.25, 0.3) is 0 Å². The van der Waals surface area contributed by atoms with E-state index in [9.17, 15) is 19.3 Å². The lowest BCUT2D eigenvalue weighted by molar-refractivity contribution is -0.118. The summed E-state index contributed by atoms with van der Waals surface area (Å²) < 4.78 is 8.07. The van der Waals surface area contributed by atoms with Crippen LogP contribution in [0.5, 0.6) is 5.75 Å². The highest BCUT2D eigenvalue weighted by molar-refractivity contribution is 6.32. The van der Waals surface area contributed by atoms with Crippen molar-refractivity contribution in [1.29, 1.82) is 0 Å². The monoisotopic (exact) mass is 518 g/mol. The van der Waals surface area contributed by atoms with Gasteiger partial charge >= 0.3 is 5.69 Å². The molecule has 2 aromatic carbocycles. The second-order valence-electron chi connectivity index (χ2n) is 8.04. The molecule has 0 bridgehead atoms. The van der Waals surface area contributed by atoms with Crippen LogP contribution in [0.4, 0.5) is 11.5 Å². The number of carbonyl (C=O) groups is 1. The maximum absolute atomic E-state index is 13.3. The van der Waals surface area contributed by atoms with Crippen LogP contribution in [0, 0.1) is 4.91 Å². The highest BCUT2D eigenvalue weighted by Gasteiger charge is 2.14. The molecule has 3 aromatic rings. The molecule has 1 amide bonds. The minimum Gasteiger partial charge on any atom is -0.489 e. The first kappa shape index (κ1) is 26.2. The van der Waals surface area contributed by atoms with Crippen LogP contribution in [-0.2, 0) is 17.9 Å². The quantitative estimate of drug-likeness (QED) is 0.379. The zero-order valence-corrected chi connectivity index (χ0v) is 20.7. The van der Waals surface area contributed by atoms with E-state index in [1.54, 1.807) is 42.5 Å². The van der Waals surface area contributed by atoms with Crippen molar-refractivity contribution in [3.05, 3.63) is 89.9 Å². The van der Waals surface area contributed by atoms with Gasteiger partial charge in [-0.25, -0.2) is 4.79 Å². The van der Waals surface area contributed by atoms with Crippen LogP contribution < -0.4 is 21.3 Å². The first-order valence-electron chi connectivity index (χ1n) is 10.9. The zero-order chi connectivity index (χ0) is 25.5. The number of nitrogens with zero attached hydrogens (tertiary/aromatic N) is 3. The molecule has 0 spiro atoms. The summed E-state index contributed by atoms with van der Waals surface area (Å²) in [7, 11) is 0. The largest absolute Gasteiger partial charge is 0.489 e. The first-order valence-corrected chi connectivity index (χ1v) is 11.6. The Morgan fingerprint density at radius 3 is 2.40 bits per heavy atom. The van der Waals surface area contributed by atoms with Crippen LogP contribution in [0.2, 0.25) is 10.0 Å². The fourth-order valence-electron chi connectivity index (χ4n) is 3.36. The molecule has 0 saturated carbocycles. The summed E-state index contributed by atoms with van der Waals surface area (Å²) in [5.74, 6) is -0.0643. The van der Waals surface area contributed by atoms with Gasteiger partial charge in [-0.1, -0.05) is 35.3 Å². The summed E-state index contributed by atoms with van der Waals surface area (Å²) in [4.78, 5) is 47.6. The number of amides is 1. The third-order valence-electron chi connectivity index (χ3n) is 4.97. The highest BCUT2D eigenvalue weighted by atomic mass is 35.5. The van der Waals surface area contributed by atoms with E-state index < -0.39 is 17.2 Å². The smallest absolute Gasteiger partial charge is 0.332 e. The van der Waals surface area contributed by atoms with Crippen molar-refractivity contribution >= 4 is 40.6 Å². The van der Waals surface area contributed by atoms with Gasteiger partial charge in [-0.15, -0.1) is 4.91 Å². The molecule has 9 nitrogen and oxygen atoms in total. The van der Waals surface area contributed by atoms with Gasteiger partial charge in [-0.2, -0.15) is 0 Å². The normalized spacial score (nSPS) is 10.9. The molecule has 0 atom stereocenters. The van der Waals surface area contributed by atoms with Gasteiger partial charge in [0.25, 0.3) is 11.5 Å². The van der Waals surface area contributed by atoms with Crippen molar-refractivity contribution in [2.24, 2.45) is 5.18 Å². The molecule has 1 aromatic heterocycles. The minimum atomic E-state index is -0.834. The standard InChI is InChI=1S/C24H24Cl2N4O5/c1-15(2)35-20-10-9-18(12-19(20)26)27-21-13-23(32)29(11-3-4-22(31)28-34)24(33)30(21)14-16-5-7-17(25)8-6-16/h5-10,12-13,15,27H,3-4,11,14H2,1-2H3. The van der Waals surface area contributed by atoms with E-state index in [4.69, 9.17) is 27.9 Å². The molecular formula is C24H24Cl2N4O5. The first-order chi connectivity index (χ1) is 16.7. The van der Waals surface area contributed by atoms with Crippen molar-refractivity contribution < 1.29 is 9.53 Å². The molecule has 1 N–H and O–H groups in total. The predicted molar refractivity (Wildman–Crippen MR) is 136 cm³/mol. The third kappa shape index (κ3) is 7.03. The Kier molecular flexibility index (Phi) is 8.84. The van der Waals surface area contributed by atoms with E-state index in [0.717, 1.165) is 10.1 Å². The lowest BCUT2D eigenvalue weighted by atomic mass is 10.2. The molecule has 11 heteroatoms. The number of nitrogens with one attached hydrogen (secondary N) is 1. The molecule has 0 fully saturated rings. The van der Waals surface area contributed by atoms with Crippen molar-refractivity contribution in [3.63, 3.8) is 0 Å². The fraction of sp³-hybridized carbons (Fsp3) is 0.292. The molecule has 0 radical (unpaired) electrons. The Labute approximate surface area is 211 Å². The highest BCUT2D eigenvalue weighted by Crippen LogP contribution is 2.29. The molecule has 0 aliphatic heterocycles. The molecule has 1 heterocycles. The van der Waals surface area contributed by atoms with Gasteiger partial charge in [0.15, 0.2) is 0 Å². The number of hydrogen-bond donors (Lipinski definition) is 1. The van der Waals surface area contributed by atoms with E-state index in [-0.39, 0.29) is 37.9 Å². The number of aromatic nitrogens is 2. The van der Waals surface area contributed by atoms with E-state index >= 15 is 0 Å². The van der Waals surface area contributed by atoms with Gasteiger partial charge in [0.2, 0.25) is 0 Å². The number of halogens is 2. The Hall–Kier alpha value is -3.43. The van der Waals surface area contributed by atoms with Gasteiger partial charge in [0, 0.05) is 34.9 Å². The Morgan fingerprint density at radius 2 is 1.77 bits per heavy atom. The van der Waals surface area contributed by atoms with E-state index in [1.807, 2.05) is 13.8 Å². The molecule has 0 saturated heterocycles. The SMILES string of the molecule is CC(C)Oc1ccc(Nc2cc(=O)n(CCCC(=O)N=O)c(=O)n2Cc2ccc(Cl)cc2)cc1Cl.